The van der Waals surface area contributed by atoms with Crippen molar-refractivity contribution in [3.05, 3.63) is 54.9 Å². The van der Waals surface area contributed by atoms with E-state index >= 15 is 0 Å². The number of anilines is 2. The van der Waals surface area contributed by atoms with Crippen molar-refractivity contribution in [1.82, 2.24) is 14.5 Å². The number of hydrogen-bond acceptors (Lipinski definition) is 6. The number of benzene rings is 1. The van der Waals surface area contributed by atoms with Crippen LogP contribution in [0.25, 0.3) is 10.9 Å². The minimum atomic E-state index is -0.221. The number of carbonyl (C=O) groups excluding carboxylic acids is 1. The number of ether oxygens (including phenoxy) is 1. The molecule has 0 unspecified atom stereocenters. The van der Waals surface area contributed by atoms with Crippen molar-refractivity contribution in [3.63, 3.8) is 0 Å². The first-order valence-electron chi connectivity index (χ1n) is 10.2. The van der Waals surface area contributed by atoms with Gasteiger partial charge < -0.3 is 19.9 Å². The van der Waals surface area contributed by atoms with Crippen molar-refractivity contribution >= 4 is 28.4 Å². The number of hydrogen-bond donors (Lipinski definition) is 2. The SMILES string of the molecule is C=CC(=O)Nc1ccc2c(ccn2[C@H]2CCC[C@@H](Nc3ncc(C#N)c(OC)n3)C2)c1. The van der Waals surface area contributed by atoms with Gasteiger partial charge in [0.2, 0.25) is 17.7 Å². The summed E-state index contributed by atoms with van der Waals surface area (Å²) in [6, 6.07) is 10.6. The van der Waals surface area contributed by atoms with Crippen LogP contribution < -0.4 is 15.4 Å². The average molecular weight is 416 g/mol. The van der Waals surface area contributed by atoms with Crippen LogP contribution in [0.5, 0.6) is 5.88 Å². The Labute approximate surface area is 180 Å². The number of aromatic nitrogens is 3. The van der Waals surface area contributed by atoms with Gasteiger partial charge in [-0.05, 0) is 56.0 Å². The van der Waals surface area contributed by atoms with Crippen molar-refractivity contribution in [1.29, 1.82) is 5.26 Å². The maximum absolute atomic E-state index is 11.6. The molecule has 1 fully saturated rings. The highest BCUT2D eigenvalue weighted by atomic mass is 16.5. The summed E-state index contributed by atoms with van der Waals surface area (Å²) in [5.74, 6) is 0.534. The number of methoxy groups -OCH3 is 1. The van der Waals surface area contributed by atoms with E-state index in [2.05, 4.69) is 44.0 Å². The highest BCUT2D eigenvalue weighted by Crippen LogP contribution is 2.33. The Bertz CT molecular complexity index is 1160. The van der Waals surface area contributed by atoms with Crippen LogP contribution in [0.4, 0.5) is 11.6 Å². The highest BCUT2D eigenvalue weighted by Gasteiger charge is 2.25. The zero-order valence-corrected chi connectivity index (χ0v) is 17.3. The van der Waals surface area contributed by atoms with E-state index in [-0.39, 0.29) is 17.8 Å². The first-order chi connectivity index (χ1) is 15.1. The zero-order valence-electron chi connectivity index (χ0n) is 17.3. The number of carbonyl (C=O) groups is 1. The monoisotopic (exact) mass is 416 g/mol. The molecule has 1 aromatic carbocycles. The van der Waals surface area contributed by atoms with Crippen LogP contribution in [-0.4, -0.2) is 33.6 Å². The molecule has 3 aromatic rings. The predicted molar refractivity (Wildman–Crippen MR) is 119 cm³/mol. The number of nitrogens with one attached hydrogen (secondary N) is 2. The fourth-order valence-corrected chi connectivity index (χ4v) is 4.15. The second kappa shape index (κ2) is 8.88. The lowest BCUT2D eigenvalue weighted by Gasteiger charge is -2.31. The Morgan fingerprint density at radius 3 is 3.03 bits per heavy atom. The lowest BCUT2D eigenvalue weighted by molar-refractivity contribution is -0.111. The van der Waals surface area contributed by atoms with Gasteiger partial charge in [-0.1, -0.05) is 6.58 Å². The summed E-state index contributed by atoms with van der Waals surface area (Å²) < 4.78 is 7.49. The summed E-state index contributed by atoms with van der Waals surface area (Å²) >= 11 is 0. The summed E-state index contributed by atoms with van der Waals surface area (Å²) in [7, 11) is 1.50. The van der Waals surface area contributed by atoms with Gasteiger partial charge in [-0.15, -0.1) is 0 Å². The van der Waals surface area contributed by atoms with Crippen LogP contribution in [0.3, 0.4) is 0 Å². The topological polar surface area (TPSA) is 105 Å². The van der Waals surface area contributed by atoms with E-state index in [1.54, 1.807) is 0 Å². The third-order valence-corrected chi connectivity index (χ3v) is 5.61. The third kappa shape index (κ3) is 4.36. The van der Waals surface area contributed by atoms with Gasteiger partial charge in [-0.25, -0.2) is 4.98 Å². The van der Waals surface area contributed by atoms with Gasteiger partial charge in [-0.2, -0.15) is 10.2 Å². The molecule has 158 valence electrons. The Morgan fingerprint density at radius 1 is 1.39 bits per heavy atom. The highest BCUT2D eigenvalue weighted by molar-refractivity contribution is 6.00. The largest absolute Gasteiger partial charge is 0.480 e. The van der Waals surface area contributed by atoms with Gasteiger partial charge in [0.25, 0.3) is 0 Å². The lowest BCUT2D eigenvalue weighted by Crippen LogP contribution is -2.29. The molecule has 4 rings (SSSR count). The van der Waals surface area contributed by atoms with Crippen LogP contribution in [0.1, 0.15) is 37.3 Å². The molecule has 31 heavy (non-hydrogen) atoms. The molecule has 1 aliphatic carbocycles. The Kier molecular flexibility index (Phi) is 5.85. The van der Waals surface area contributed by atoms with Crippen molar-refractivity contribution < 1.29 is 9.53 Å². The lowest BCUT2D eigenvalue weighted by atomic mass is 9.90. The average Bonchev–Trinajstić information content (AvgIpc) is 3.22. The standard InChI is InChI=1S/C23H24N6O2/c1-3-21(30)26-18-7-8-20-15(11-18)9-10-29(20)19-6-4-5-17(12-19)27-23-25-14-16(13-24)22(28-23)31-2/h3,7-11,14,17,19H,1,4-6,12H2,2H3,(H,26,30)(H,25,27,28)/t17-,19+/m1/s1. The summed E-state index contributed by atoms with van der Waals surface area (Å²) in [6.45, 7) is 3.49. The van der Waals surface area contributed by atoms with Crippen molar-refractivity contribution in [2.45, 2.75) is 37.8 Å². The molecule has 0 radical (unpaired) electrons. The first kappa shape index (κ1) is 20.4. The molecule has 2 atom stereocenters. The molecule has 8 nitrogen and oxygen atoms in total. The van der Waals surface area contributed by atoms with Crippen molar-refractivity contribution in [3.8, 4) is 11.9 Å². The molecule has 2 aromatic heterocycles. The van der Waals surface area contributed by atoms with E-state index < -0.39 is 0 Å². The summed E-state index contributed by atoms with van der Waals surface area (Å²) in [5.41, 5.74) is 2.21. The molecular formula is C23H24N6O2. The van der Waals surface area contributed by atoms with E-state index in [0.29, 0.717) is 17.6 Å². The maximum Gasteiger partial charge on any atom is 0.247 e. The van der Waals surface area contributed by atoms with E-state index in [1.165, 1.54) is 19.4 Å². The second-order valence-corrected chi connectivity index (χ2v) is 7.58. The molecule has 0 spiro atoms. The van der Waals surface area contributed by atoms with Crippen LogP contribution in [0.2, 0.25) is 0 Å². The second-order valence-electron chi connectivity index (χ2n) is 7.58. The van der Waals surface area contributed by atoms with Crippen LogP contribution in [0.15, 0.2) is 49.3 Å². The molecule has 0 saturated heterocycles. The fraction of sp³-hybridized carbons (Fsp3) is 0.304. The van der Waals surface area contributed by atoms with E-state index in [4.69, 9.17) is 10.00 Å². The van der Waals surface area contributed by atoms with E-state index in [0.717, 1.165) is 42.3 Å². The number of fused-ring (bicyclic) bond motifs is 1. The molecule has 1 saturated carbocycles. The normalized spacial score (nSPS) is 18.2. The van der Waals surface area contributed by atoms with Gasteiger partial charge in [-0.3, -0.25) is 4.79 Å². The molecule has 0 bridgehead atoms. The van der Waals surface area contributed by atoms with Crippen LogP contribution in [-0.2, 0) is 4.79 Å². The van der Waals surface area contributed by atoms with Crippen molar-refractivity contribution in [2.24, 2.45) is 0 Å². The molecule has 2 heterocycles. The van der Waals surface area contributed by atoms with Gasteiger partial charge in [0.15, 0.2) is 0 Å². The maximum atomic E-state index is 11.6. The minimum absolute atomic E-state index is 0.221. The number of nitriles is 1. The van der Waals surface area contributed by atoms with Gasteiger partial charge in [0.1, 0.15) is 11.6 Å². The van der Waals surface area contributed by atoms with Gasteiger partial charge in [0, 0.05) is 34.9 Å². The Morgan fingerprint density at radius 2 is 2.26 bits per heavy atom. The summed E-state index contributed by atoms with van der Waals surface area (Å²) in [6.07, 6.45) is 8.99. The molecule has 8 heteroatoms. The first-order valence-corrected chi connectivity index (χ1v) is 10.2. The Hall–Kier alpha value is -3.86. The molecule has 2 N–H and O–H groups in total. The molecule has 1 aliphatic rings. The summed E-state index contributed by atoms with van der Waals surface area (Å²) in [5, 5.41) is 16.4. The zero-order chi connectivity index (χ0) is 21.8. The van der Waals surface area contributed by atoms with Crippen LogP contribution >= 0.6 is 0 Å². The van der Waals surface area contributed by atoms with E-state index in [9.17, 15) is 4.79 Å². The fourth-order valence-electron chi connectivity index (χ4n) is 4.15. The number of nitrogens with zero attached hydrogens (tertiary/aromatic N) is 4. The van der Waals surface area contributed by atoms with Crippen molar-refractivity contribution in [2.75, 3.05) is 17.7 Å². The smallest absolute Gasteiger partial charge is 0.247 e. The van der Waals surface area contributed by atoms with Crippen LogP contribution in [0, 0.1) is 11.3 Å². The minimum Gasteiger partial charge on any atom is -0.480 e. The summed E-state index contributed by atoms with van der Waals surface area (Å²) in [4.78, 5) is 20.1. The number of amides is 1. The van der Waals surface area contributed by atoms with Gasteiger partial charge >= 0.3 is 0 Å². The third-order valence-electron chi connectivity index (χ3n) is 5.61. The quantitative estimate of drug-likeness (QED) is 0.588. The van der Waals surface area contributed by atoms with Gasteiger partial charge in [0.05, 0.1) is 13.3 Å². The molecule has 0 aliphatic heterocycles. The molecule has 1 amide bonds. The number of rotatable bonds is 6. The predicted octanol–water partition coefficient (Wildman–Crippen LogP) is 4.03. The van der Waals surface area contributed by atoms with E-state index in [1.807, 2.05) is 24.3 Å². The Balaban J connectivity index is 1.49. The molecular weight excluding hydrogens is 392 g/mol.